The average Bonchev–Trinajstić information content (AvgIpc) is 2.78. The first-order valence-electron chi connectivity index (χ1n) is 9.54. The van der Waals surface area contributed by atoms with Gasteiger partial charge in [0.25, 0.3) is 10.0 Å². The molecule has 4 rings (SSSR count). The predicted octanol–water partition coefficient (Wildman–Crippen LogP) is 3.50. The lowest BCUT2D eigenvalue weighted by Gasteiger charge is -2.19. The largest absolute Gasteiger partial charge is 0.486 e. The highest BCUT2D eigenvalue weighted by Crippen LogP contribution is 2.33. The van der Waals surface area contributed by atoms with E-state index < -0.39 is 10.0 Å². The van der Waals surface area contributed by atoms with Crippen molar-refractivity contribution in [2.75, 3.05) is 24.5 Å². The van der Waals surface area contributed by atoms with Crippen molar-refractivity contribution in [1.29, 1.82) is 0 Å². The Morgan fingerprint density at radius 3 is 2.43 bits per heavy atom. The fourth-order valence-corrected chi connectivity index (χ4v) is 3.95. The van der Waals surface area contributed by atoms with Crippen molar-refractivity contribution in [2.24, 2.45) is 0 Å². The van der Waals surface area contributed by atoms with E-state index in [1.807, 2.05) is 13.0 Å². The molecule has 0 spiro atoms. The quantitative estimate of drug-likeness (QED) is 0.616. The van der Waals surface area contributed by atoms with Gasteiger partial charge in [0.15, 0.2) is 11.5 Å². The molecular formula is C21H21N3O5S. The molecule has 1 aliphatic heterocycles. The van der Waals surface area contributed by atoms with Crippen LogP contribution < -0.4 is 18.9 Å². The van der Waals surface area contributed by atoms with Crippen LogP contribution in [-0.2, 0) is 10.0 Å². The standard InChI is InChI=1S/C21H21N3O5S/c1-2-11-29-21-10-8-18(22-23-21)15-3-5-16(6-4-15)24-30(25,26)17-7-9-19-20(14-17)28-13-12-27-19/h3-10,14,24H,2,11-13H2,1H3. The van der Waals surface area contributed by atoms with Crippen LogP contribution in [0.1, 0.15) is 13.3 Å². The van der Waals surface area contributed by atoms with Crippen molar-refractivity contribution in [3.05, 3.63) is 54.6 Å². The maximum Gasteiger partial charge on any atom is 0.262 e. The summed E-state index contributed by atoms with van der Waals surface area (Å²) >= 11 is 0. The van der Waals surface area contributed by atoms with Gasteiger partial charge in [-0.25, -0.2) is 8.42 Å². The SMILES string of the molecule is CCCOc1ccc(-c2ccc(NS(=O)(=O)c3ccc4c(c3)OCCO4)cc2)nn1. The minimum Gasteiger partial charge on any atom is -0.486 e. The van der Waals surface area contributed by atoms with E-state index in [0.29, 0.717) is 48.6 Å². The number of aromatic nitrogens is 2. The zero-order valence-corrected chi connectivity index (χ0v) is 17.2. The van der Waals surface area contributed by atoms with Crippen molar-refractivity contribution < 1.29 is 22.6 Å². The highest BCUT2D eigenvalue weighted by molar-refractivity contribution is 7.92. The Balaban J connectivity index is 1.47. The van der Waals surface area contributed by atoms with Gasteiger partial charge < -0.3 is 14.2 Å². The molecule has 0 aliphatic carbocycles. The number of rotatable bonds is 7. The third-order valence-electron chi connectivity index (χ3n) is 4.35. The summed E-state index contributed by atoms with van der Waals surface area (Å²) in [5.41, 5.74) is 1.91. The predicted molar refractivity (Wildman–Crippen MR) is 111 cm³/mol. The molecule has 2 aromatic carbocycles. The summed E-state index contributed by atoms with van der Waals surface area (Å²) in [5, 5.41) is 8.20. The number of ether oxygens (including phenoxy) is 3. The fraction of sp³-hybridized carbons (Fsp3) is 0.238. The molecule has 3 aromatic rings. The second-order valence-electron chi connectivity index (χ2n) is 6.59. The molecule has 0 atom stereocenters. The number of anilines is 1. The summed E-state index contributed by atoms with van der Waals surface area (Å²) in [6.07, 6.45) is 0.896. The third kappa shape index (κ3) is 4.46. The average molecular weight is 427 g/mol. The summed E-state index contributed by atoms with van der Waals surface area (Å²) in [7, 11) is -3.77. The summed E-state index contributed by atoms with van der Waals surface area (Å²) in [6, 6.07) is 15.0. The number of sulfonamides is 1. The van der Waals surface area contributed by atoms with E-state index in [2.05, 4.69) is 14.9 Å². The molecule has 0 unspecified atom stereocenters. The van der Waals surface area contributed by atoms with E-state index in [9.17, 15) is 8.42 Å². The molecule has 0 saturated heterocycles. The van der Waals surface area contributed by atoms with Gasteiger partial charge in [0, 0.05) is 23.4 Å². The van der Waals surface area contributed by atoms with E-state index in [-0.39, 0.29) is 4.90 Å². The van der Waals surface area contributed by atoms with Gasteiger partial charge in [-0.05, 0) is 36.8 Å². The smallest absolute Gasteiger partial charge is 0.262 e. The van der Waals surface area contributed by atoms with Crippen LogP contribution >= 0.6 is 0 Å². The summed E-state index contributed by atoms with van der Waals surface area (Å²) in [5.74, 6) is 1.44. The lowest BCUT2D eigenvalue weighted by Crippen LogP contribution is -2.17. The Morgan fingerprint density at radius 2 is 1.73 bits per heavy atom. The Morgan fingerprint density at radius 1 is 0.967 bits per heavy atom. The number of benzene rings is 2. The molecule has 0 amide bonds. The summed E-state index contributed by atoms with van der Waals surface area (Å²) in [6.45, 7) is 3.44. The minimum absolute atomic E-state index is 0.101. The first-order chi connectivity index (χ1) is 14.5. The molecule has 0 saturated carbocycles. The maximum absolute atomic E-state index is 12.7. The molecular weight excluding hydrogens is 406 g/mol. The number of hydrogen-bond donors (Lipinski definition) is 1. The van der Waals surface area contributed by atoms with Gasteiger partial charge in [-0.3, -0.25) is 4.72 Å². The van der Waals surface area contributed by atoms with Crippen molar-refractivity contribution in [3.8, 4) is 28.6 Å². The van der Waals surface area contributed by atoms with Crippen LogP contribution in [0, 0.1) is 0 Å². The Labute approximate surface area is 174 Å². The molecule has 1 N–H and O–H groups in total. The molecule has 30 heavy (non-hydrogen) atoms. The molecule has 156 valence electrons. The van der Waals surface area contributed by atoms with Gasteiger partial charge in [-0.2, -0.15) is 0 Å². The Bertz CT molecular complexity index is 1120. The van der Waals surface area contributed by atoms with E-state index in [1.54, 1.807) is 36.4 Å². The molecule has 1 aromatic heterocycles. The second kappa shape index (κ2) is 8.58. The van der Waals surface area contributed by atoms with Gasteiger partial charge in [-0.1, -0.05) is 19.1 Å². The molecule has 0 bridgehead atoms. The zero-order chi connectivity index (χ0) is 21.0. The zero-order valence-electron chi connectivity index (χ0n) is 16.4. The monoisotopic (exact) mass is 427 g/mol. The maximum atomic E-state index is 12.7. The number of nitrogens with zero attached hydrogens (tertiary/aromatic N) is 2. The Hall–Kier alpha value is -3.33. The third-order valence-corrected chi connectivity index (χ3v) is 5.73. The van der Waals surface area contributed by atoms with Crippen LogP contribution in [0.3, 0.4) is 0 Å². The molecule has 9 heteroatoms. The van der Waals surface area contributed by atoms with Crippen LogP contribution in [0.5, 0.6) is 17.4 Å². The van der Waals surface area contributed by atoms with Crippen molar-refractivity contribution in [1.82, 2.24) is 10.2 Å². The van der Waals surface area contributed by atoms with Crippen LogP contribution in [0.15, 0.2) is 59.5 Å². The normalized spacial score (nSPS) is 13.0. The molecule has 1 aliphatic rings. The van der Waals surface area contributed by atoms with E-state index in [0.717, 1.165) is 12.0 Å². The Kier molecular flexibility index (Phi) is 5.71. The number of fused-ring (bicyclic) bond motifs is 1. The van der Waals surface area contributed by atoms with Gasteiger partial charge in [-0.15, -0.1) is 10.2 Å². The topological polar surface area (TPSA) is 99.6 Å². The highest BCUT2D eigenvalue weighted by atomic mass is 32.2. The van der Waals surface area contributed by atoms with Crippen LogP contribution in [0.2, 0.25) is 0 Å². The molecule has 8 nitrogen and oxygen atoms in total. The number of nitrogens with one attached hydrogen (secondary N) is 1. The van der Waals surface area contributed by atoms with Gasteiger partial charge in [0.1, 0.15) is 13.2 Å². The molecule has 0 fully saturated rings. The fourth-order valence-electron chi connectivity index (χ4n) is 2.87. The van der Waals surface area contributed by atoms with E-state index in [1.165, 1.54) is 12.1 Å². The lowest BCUT2D eigenvalue weighted by molar-refractivity contribution is 0.171. The summed E-state index contributed by atoms with van der Waals surface area (Å²) in [4.78, 5) is 0.101. The minimum atomic E-state index is -3.77. The van der Waals surface area contributed by atoms with Gasteiger partial charge >= 0.3 is 0 Å². The second-order valence-corrected chi connectivity index (χ2v) is 8.28. The van der Waals surface area contributed by atoms with Crippen molar-refractivity contribution in [2.45, 2.75) is 18.2 Å². The first kappa shape index (κ1) is 20.0. The molecule has 2 heterocycles. The number of hydrogen-bond acceptors (Lipinski definition) is 7. The van der Waals surface area contributed by atoms with E-state index >= 15 is 0 Å². The molecule has 0 radical (unpaired) electrons. The van der Waals surface area contributed by atoms with Gasteiger partial charge in [0.2, 0.25) is 5.88 Å². The first-order valence-corrected chi connectivity index (χ1v) is 11.0. The van der Waals surface area contributed by atoms with E-state index in [4.69, 9.17) is 14.2 Å². The van der Waals surface area contributed by atoms with Crippen molar-refractivity contribution >= 4 is 15.7 Å². The summed E-state index contributed by atoms with van der Waals surface area (Å²) < 4.78 is 44.3. The van der Waals surface area contributed by atoms with Crippen LogP contribution in [-0.4, -0.2) is 38.4 Å². The van der Waals surface area contributed by atoms with Crippen LogP contribution in [0.4, 0.5) is 5.69 Å². The highest BCUT2D eigenvalue weighted by Gasteiger charge is 2.19. The van der Waals surface area contributed by atoms with Crippen molar-refractivity contribution in [3.63, 3.8) is 0 Å². The van der Waals surface area contributed by atoms with Gasteiger partial charge in [0.05, 0.1) is 17.2 Å². The lowest BCUT2D eigenvalue weighted by atomic mass is 10.1. The van der Waals surface area contributed by atoms with Crippen LogP contribution in [0.25, 0.3) is 11.3 Å².